The highest BCUT2D eigenvalue weighted by atomic mass is 32.2. The molecule has 0 saturated heterocycles. The number of thioether (sulfide) groups is 1. The number of furan rings is 1. The van der Waals surface area contributed by atoms with Crippen molar-refractivity contribution >= 4 is 17.4 Å². The Kier molecular flexibility index (Phi) is 3.79. The molecule has 8 nitrogen and oxygen atoms in total. The Labute approximate surface area is 129 Å². The highest BCUT2D eigenvalue weighted by Gasteiger charge is 2.14. The Morgan fingerprint density at radius 1 is 1.27 bits per heavy atom. The first-order valence-corrected chi connectivity index (χ1v) is 7.24. The van der Waals surface area contributed by atoms with Crippen LogP contribution in [0.5, 0.6) is 0 Å². The Bertz CT molecular complexity index is 783. The molecule has 2 N–H and O–H groups in total. The van der Waals surface area contributed by atoms with Crippen LogP contribution in [-0.4, -0.2) is 19.8 Å². The van der Waals surface area contributed by atoms with Crippen LogP contribution in [0.3, 0.4) is 0 Å². The molecule has 0 radical (unpaired) electrons. The van der Waals surface area contributed by atoms with Gasteiger partial charge in [-0.1, -0.05) is 23.9 Å². The molecule has 0 saturated carbocycles. The molecular weight excluding hydrogens is 306 g/mol. The molecule has 0 amide bonds. The molecule has 3 aromatic rings. The lowest BCUT2D eigenvalue weighted by Crippen LogP contribution is -2.11. The number of rotatable bonds is 5. The van der Waals surface area contributed by atoms with Crippen molar-refractivity contribution in [2.45, 2.75) is 10.9 Å². The molecular formula is C13H11N5O3S. The lowest BCUT2D eigenvalue weighted by atomic mass is 10.2. The summed E-state index contributed by atoms with van der Waals surface area (Å²) in [5.41, 5.74) is 0.994. The van der Waals surface area contributed by atoms with Crippen LogP contribution in [0, 0.1) is 10.1 Å². The second kappa shape index (κ2) is 5.90. The number of nitrogen functional groups attached to an aromatic ring is 1. The first-order chi connectivity index (χ1) is 10.6. The van der Waals surface area contributed by atoms with E-state index >= 15 is 0 Å². The van der Waals surface area contributed by atoms with E-state index in [1.54, 1.807) is 24.3 Å². The highest BCUT2D eigenvalue weighted by Crippen LogP contribution is 2.25. The van der Waals surface area contributed by atoms with Gasteiger partial charge in [-0.05, 0) is 17.7 Å². The van der Waals surface area contributed by atoms with Crippen molar-refractivity contribution < 1.29 is 9.34 Å². The summed E-state index contributed by atoms with van der Waals surface area (Å²) in [6, 6.07) is 9.84. The van der Waals surface area contributed by atoms with Gasteiger partial charge >= 0.3 is 0 Å². The number of nitrogens with zero attached hydrogens (tertiary/aromatic N) is 4. The quantitative estimate of drug-likeness (QED) is 0.333. The normalized spacial score (nSPS) is 10.7. The van der Waals surface area contributed by atoms with Gasteiger partial charge in [-0.15, -0.1) is 10.2 Å². The van der Waals surface area contributed by atoms with Crippen LogP contribution >= 0.6 is 11.8 Å². The third-order valence-electron chi connectivity index (χ3n) is 2.92. The van der Waals surface area contributed by atoms with Gasteiger partial charge in [0.15, 0.2) is 5.76 Å². The molecule has 1 aromatic carbocycles. The Balaban J connectivity index is 1.70. The number of nitrogens with two attached hydrogens (primary N) is 1. The van der Waals surface area contributed by atoms with E-state index in [9.17, 15) is 10.1 Å². The number of nitro benzene ring substituents is 1. The topological polar surface area (TPSA) is 113 Å². The average Bonchev–Trinajstić information content (AvgIpc) is 3.15. The molecule has 22 heavy (non-hydrogen) atoms. The molecule has 0 aliphatic heterocycles. The van der Waals surface area contributed by atoms with Crippen molar-refractivity contribution in [2.75, 3.05) is 5.84 Å². The minimum atomic E-state index is -0.428. The highest BCUT2D eigenvalue weighted by molar-refractivity contribution is 7.98. The number of nitro groups is 1. The maximum absolute atomic E-state index is 10.6. The van der Waals surface area contributed by atoms with E-state index in [1.165, 1.54) is 34.8 Å². The SMILES string of the molecule is Nn1c(SCc2ccc([N+](=O)[O-])cc2)nnc1-c1ccco1. The summed E-state index contributed by atoms with van der Waals surface area (Å²) >= 11 is 1.39. The summed E-state index contributed by atoms with van der Waals surface area (Å²) in [4.78, 5) is 10.2. The Morgan fingerprint density at radius 2 is 2.05 bits per heavy atom. The fraction of sp³-hybridized carbons (Fsp3) is 0.0769. The van der Waals surface area contributed by atoms with Crippen molar-refractivity contribution in [2.24, 2.45) is 0 Å². The number of benzene rings is 1. The minimum Gasteiger partial charge on any atom is -0.461 e. The minimum absolute atomic E-state index is 0.0656. The number of aromatic nitrogens is 3. The van der Waals surface area contributed by atoms with Crippen LogP contribution in [0.25, 0.3) is 11.6 Å². The van der Waals surface area contributed by atoms with E-state index in [1.807, 2.05) is 0 Å². The van der Waals surface area contributed by atoms with Gasteiger partial charge in [0.1, 0.15) is 0 Å². The molecule has 0 aliphatic carbocycles. The molecule has 0 atom stereocenters. The third kappa shape index (κ3) is 2.79. The maximum atomic E-state index is 10.6. The second-order valence-electron chi connectivity index (χ2n) is 4.37. The number of hydrogen-bond acceptors (Lipinski definition) is 7. The van der Waals surface area contributed by atoms with Crippen LogP contribution in [0.4, 0.5) is 5.69 Å². The van der Waals surface area contributed by atoms with Crippen molar-refractivity contribution in [1.82, 2.24) is 14.9 Å². The largest absolute Gasteiger partial charge is 0.461 e. The van der Waals surface area contributed by atoms with E-state index in [4.69, 9.17) is 10.3 Å². The second-order valence-corrected chi connectivity index (χ2v) is 5.31. The van der Waals surface area contributed by atoms with Gasteiger partial charge in [0, 0.05) is 17.9 Å². The first-order valence-electron chi connectivity index (χ1n) is 6.25. The van der Waals surface area contributed by atoms with Gasteiger partial charge < -0.3 is 10.3 Å². The van der Waals surface area contributed by atoms with Gasteiger partial charge in [0.25, 0.3) is 5.69 Å². The molecule has 2 aromatic heterocycles. The summed E-state index contributed by atoms with van der Waals surface area (Å²) in [7, 11) is 0. The monoisotopic (exact) mass is 317 g/mol. The molecule has 112 valence electrons. The average molecular weight is 317 g/mol. The third-order valence-corrected chi connectivity index (χ3v) is 3.94. The van der Waals surface area contributed by atoms with Crippen molar-refractivity contribution in [1.29, 1.82) is 0 Å². The van der Waals surface area contributed by atoms with Crippen LogP contribution in [0.2, 0.25) is 0 Å². The Hall–Kier alpha value is -2.81. The van der Waals surface area contributed by atoms with Gasteiger partial charge in [0.2, 0.25) is 11.0 Å². The standard InChI is InChI=1S/C13H11N5O3S/c14-17-12(11-2-1-7-21-11)15-16-13(17)22-8-9-3-5-10(6-4-9)18(19)20/h1-7H,8,14H2. The number of hydrogen-bond donors (Lipinski definition) is 1. The zero-order valence-electron chi connectivity index (χ0n) is 11.2. The molecule has 3 rings (SSSR count). The molecule has 2 heterocycles. The van der Waals surface area contributed by atoms with Gasteiger partial charge in [-0.2, -0.15) is 0 Å². The molecule has 0 fully saturated rings. The van der Waals surface area contributed by atoms with Crippen LogP contribution in [0.15, 0.2) is 52.2 Å². The zero-order chi connectivity index (χ0) is 15.5. The predicted molar refractivity (Wildman–Crippen MR) is 80.5 cm³/mol. The van der Waals surface area contributed by atoms with Gasteiger partial charge in [-0.25, -0.2) is 4.68 Å². The lowest BCUT2D eigenvalue weighted by molar-refractivity contribution is -0.384. The molecule has 0 aliphatic rings. The van der Waals surface area contributed by atoms with E-state index in [0.29, 0.717) is 22.5 Å². The molecule has 0 spiro atoms. The van der Waals surface area contributed by atoms with Crippen molar-refractivity contribution in [3.63, 3.8) is 0 Å². The van der Waals surface area contributed by atoms with Gasteiger partial charge in [0.05, 0.1) is 11.2 Å². The molecule has 0 bridgehead atoms. The summed E-state index contributed by atoms with van der Waals surface area (Å²) in [6.07, 6.45) is 1.54. The maximum Gasteiger partial charge on any atom is 0.269 e. The van der Waals surface area contributed by atoms with Crippen LogP contribution in [0.1, 0.15) is 5.56 Å². The van der Waals surface area contributed by atoms with Crippen molar-refractivity contribution in [3.8, 4) is 11.6 Å². The summed E-state index contributed by atoms with van der Waals surface area (Å²) < 4.78 is 6.59. The van der Waals surface area contributed by atoms with Crippen molar-refractivity contribution in [3.05, 3.63) is 58.3 Å². The first kappa shape index (κ1) is 14.1. The van der Waals surface area contributed by atoms with Crippen LogP contribution in [-0.2, 0) is 5.75 Å². The Morgan fingerprint density at radius 3 is 2.68 bits per heavy atom. The predicted octanol–water partition coefficient (Wildman–Crippen LogP) is 2.45. The smallest absolute Gasteiger partial charge is 0.269 e. The summed E-state index contributed by atoms with van der Waals surface area (Å²) in [5.74, 6) is 7.50. The lowest BCUT2D eigenvalue weighted by Gasteiger charge is -2.02. The summed E-state index contributed by atoms with van der Waals surface area (Å²) in [5, 5.41) is 19.1. The summed E-state index contributed by atoms with van der Waals surface area (Å²) in [6.45, 7) is 0. The fourth-order valence-electron chi connectivity index (χ4n) is 1.81. The van der Waals surface area contributed by atoms with E-state index in [2.05, 4.69) is 10.2 Å². The van der Waals surface area contributed by atoms with E-state index < -0.39 is 4.92 Å². The molecule has 0 unspecified atom stereocenters. The zero-order valence-corrected chi connectivity index (χ0v) is 12.1. The van der Waals surface area contributed by atoms with E-state index in [-0.39, 0.29) is 5.69 Å². The van der Waals surface area contributed by atoms with E-state index in [0.717, 1.165) is 5.56 Å². The number of non-ortho nitro benzene ring substituents is 1. The van der Waals surface area contributed by atoms with Crippen LogP contribution < -0.4 is 5.84 Å². The van der Waals surface area contributed by atoms with Gasteiger partial charge in [-0.3, -0.25) is 10.1 Å². The fourth-order valence-corrected chi connectivity index (χ4v) is 2.62. The molecule has 9 heteroatoms.